The number of aryl methyl sites for hydroxylation is 1. The first kappa shape index (κ1) is 15.4. The van der Waals surface area contributed by atoms with Crippen molar-refractivity contribution in [2.24, 2.45) is 0 Å². The standard InChI is InChI=1S/C19H18N4O2/c1-3-13-17(22-11-7-10-16(25-4-2)18(22)21-13)19(24)23-12-20-14-8-5-6-9-15(14)23/h5-12H,3-4H2,1-2H3. The van der Waals surface area contributed by atoms with Crippen molar-refractivity contribution >= 4 is 22.6 Å². The van der Waals surface area contributed by atoms with Crippen molar-refractivity contribution in [3.05, 3.63) is 60.3 Å². The lowest BCUT2D eigenvalue weighted by atomic mass is 10.2. The Balaban J connectivity index is 1.93. The molecule has 25 heavy (non-hydrogen) atoms. The van der Waals surface area contributed by atoms with Gasteiger partial charge in [0.05, 0.1) is 23.3 Å². The predicted molar refractivity (Wildman–Crippen MR) is 95.2 cm³/mol. The lowest BCUT2D eigenvalue weighted by molar-refractivity contribution is 0.0957. The van der Waals surface area contributed by atoms with Gasteiger partial charge in [0.2, 0.25) is 0 Å². The zero-order valence-corrected chi connectivity index (χ0v) is 14.1. The number of aromatic nitrogens is 4. The molecule has 0 aliphatic rings. The molecule has 0 aliphatic carbocycles. The molecule has 0 radical (unpaired) electrons. The van der Waals surface area contributed by atoms with Gasteiger partial charge >= 0.3 is 0 Å². The molecule has 0 bridgehead atoms. The Morgan fingerprint density at radius 1 is 1.16 bits per heavy atom. The molecule has 0 spiro atoms. The van der Waals surface area contributed by atoms with Crippen molar-refractivity contribution in [1.29, 1.82) is 0 Å². The van der Waals surface area contributed by atoms with Gasteiger partial charge in [-0.05, 0) is 37.6 Å². The molecular weight excluding hydrogens is 316 g/mol. The minimum Gasteiger partial charge on any atom is -0.490 e. The van der Waals surface area contributed by atoms with Gasteiger partial charge in [0, 0.05) is 6.20 Å². The molecular formula is C19H18N4O2. The van der Waals surface area contributed by atoms with Crippen LogP contribution in [0.5, 0.6) is 5.75 Å². The van der Waals surface area contributed by atoms with Crippen LogP contribution in [0.4, 0.5) is 0 Å². The number of ether oxygens (including phenoxy) is 1. The summed E-state index contributed by atoms with van der Waals surface area (Å²) in [5, 5.41) is 0. The molecule has 3 heterocycles. The average molecular weight is 334 g/mol. The normalized spacial score (nSPS) is 11.3. The molecule has 0 N–H and O–H groups in total. The Hall–Kier alpha value is -3.15. The van der Waals surface area contributed by atoms with Crippen LogP contribution in [0.1, 0.15) is 30.0 Å². The first-order valence-corrected chi connectivity index (χ1v) is 8.34. The zero-order chi connectivity index (χ0) is 17.4. The monoisotopic (exact) mass is 334 g/mol. The number of imidazole rings is 2. The first-order valence-electron chi connectivity index (χ1n) is 8.34. The number of rotatable bonds is 4. The molecule has 0 unspecified atom stereocenters. The third-order valence-corrected chi connectivity index (χ3v) is 4.20. The molecule has 0 fully saturated rings. The zero-order valence-electron chi connectivity index (χ0n) is 14.1. The van der Waals surface area contributed by atoms with E-state index in [4.69, 9.17) is 4.74 Å². The third-order valence-electron chi connectivity index (χ3n) is 4.20. The second kappa shape index (κ2) is 6.05. The summed E-state index contributed by atoms with van der Waals surface area (Å²) in [6.07, 6.45) is 4.07. The Labute approximate surface area is 144 Å². The van der Waals surface area contributed by atoms with Gasteiger partial charge in [-0.25, -0.2) is 9.97 Å². The van der Waals surface area contributed by atoms with E-state index in [0.29, 0.717) is 30.1 Å². The van der Waals surface area contributed by atoms with Crippen LogP contribution in [0.15, 0.2) is 48.9 Å². The summed E-state index contributed by atoms with van der Waals surface area (Å²) >= 11 is 0. The third kappa shape index (κ3) is 2.38. The van der Waals surface area contributed by atoms with Crippen LogP contribution >= 0.6 is 0 Å². The summed E-state index contributed by atoms with van der Waals surface area (Å²) in [5.74, 6) is 0.529. The van der Waals surface area contributed by atoms with E-state index >= 15 is 0 Å². The minimum atomic E-state index is -0.147. The van der Waals surface area contributed by atoms with Crippen LogP contribution in [0.2, 0.25) is 0 Å². The highest BCUT2D eigenvalue weighted by atomic mass is 16.5. The van der Waals surface area contributed by atoms with E-state index in [1.807, 2.05) is 56.4 Å². The summed E-state index contributed by atoms with van der Waals surface area (Å²) in [5.41, 5.74) is 3.52. The molecule has 4 aromatic rings. The summed E-state index contributed by atoms with van der Waals surface area (Å²) in [4.78, 5) is 22.2. The Kier molecular flexibility index (Phi) is 3.72. The molecule has 0 atom stereocenters. The maximum atomic E-state index is 13.3. The maximum Gasteiger partial charge on any atom is 0.282 e. The average Bonchev–Trinajstić information content (AvgIpc) is 3.23. The maximum absolute atomic E-state index is 13.3. The number of carbonyl (C=O) groups excluding carboxylic acids is 1. The van der Waals surface area contributed by atoms with Gasteiger partial charge in [-0.1, -0.05) is 19.1 Å². The highest BCUT2D eigenvalue weighted by molar-refractivity contribution is 6.01. The number of nitrogens with zero attached hydrogens (tertiary/aromatic N) is 4. The highest BCUT2D eigenvalue weighted by Gasteiger charge is 2.22. The van der Waals surface area contributed by atoms with E-state index in [9.17, 15) is 4.79 Å². The predicted octanol–water partition coefficient (Wildman–Crippen LogP) is 3.33. The fraction of sp³-hybridized carbons (Fsp3) is 0.211. The van der Waals surface area contributed by atoms with E-state index in [0.717, 1.165) is 16.7 Å². The quantitative estimate of drug-likeness (QED) is 0.574. The van der Waals surface area contributed by atoms with Crippen molar-refractivity contribution < 1.29 is 9.53 Å². The molecule has 1 aromatic carbocycles. The SMILES string of the molecule is CCOc1cccn2c(C(=O)n3cnc4ccccc43)c(CC)nc12. The second-order valence-corrected chi connectivity index (χ2v) is 5.67. The fourth-order valence-corrected chi connectivity index (χ4v) is 3.07. The van der Waals surface area contributed by atoms with Gasteiger partial charge in [-0.2, -0.15) is 0 Å². The smallest absolute Gasteiger partial charge is 0.282 e. The number of hydrogen-bond acceptors (Lipinski definition) is 4. The Morgan fingerprint density at radius 2 is 2.00 bits per heavy atom. The van der Waals surface area contributed by atoms with E-state index in [1.54, 1.807) is 15.3 Å². The van der Waals surface area contributed by atoms with Gasteiger partial charge in [-0.3, -0.25) is 13.8 Å². The Morgan fingerprint density at radius 3 is 2.80 bits per heavy atom. The number of pyridine rings is 1. The van der Waals surface area contributed by atoms with E-state index in [-0.39, 0.29) is 5.91 Å². The summed E-state index contributed by atoms with van der Waals surface area (Å²) < 4.78 is 9.04. The van der Waals surface area contributed by atoms with Crippen molar-refractivity contribution in [3.8, 4) is 5.75 Å². The van der Waals surface area contributed by atoms with E-state index in [2.05, 4.69) is 9.97 Å². The molecule has 0 amide bonds. The molecule has 0 saturated carbocycles. The van der Waals surface area contributed by atoms with Crippen LogP contribution in [-0.2, 0) is 6.42 Å². The van der Waals surface area contributed by atoms with E-state index < -0.39 is 0 Å². The minimum absolute atomic E-state index is 0.147. The fourth-order valence-electron chi connectivity index (χ4n) is 3.07. The summed E-state index contributed by atoms with van der Waals surface area (Å²) in [6.45, 7) is 4.46. The van der Waals surface area contributed by atoms with Crippen molar-refractivity contribution in [2.75, 3.05) is 6.61 Å². The summed E-state index contributed by atoms with van der Waals surface area (Å²) in [7, 11) is 0. The van der Waals surface area contributed by atoms with Gasteiger partial charge in [0.25, 0.3) is 5.91 Å². The highest BCUT2D eigenvalue weighted by Crippen LogP contribution is 2.24. The molecule has 0 aliphatic heterocycles. The van der Waals surface area contributed by atoms with Gasteiger partial charge in [-0.15, -0.1) is 0 Å². The van der Waals surface area contributed by atoms with Crippen molar-refractivity contribution in [2.45, 2.75) is 20.3 Å². The van der Waals surface area contributed by atoms with Crippen LogP contribution in [-0.4, -0.2) is 31.4 Å². The number of para-hydroxylation sites is 2. The van der Waals surface area contributed by atoms with Crippen LogP contribution in [0, 0.1) is 0 Å². The number of fused-ring (bicyclic) bond motifs is 2. The second-order valence-electron chi connectivity index (χ2n) is 5.67. The van der Waals surface area contributed by atoms with Gasteiger partial charge < -0.3 is 4.74 Å². The number of hydrogen-bond donors (Lipinski definition) is 0. The molecule has 3 aromatic heterocycles. The Bertz CT molecular complexity index is 1080. The van der Waals surface area contributed by atoms with Gasteiger partial charge in [0.1, 0.15) is 12.0 Å². The molecule has 0 saturated heterocycles. The summed E-state index contributed by atoms with van der Waals surface area (Å²) in [6, 6.07) is 11.3. The van der Waals surface area contributed by atoms with Gasteiger partial charge in [0.15, 0.2) is 11.4 Å². The van der Waals surface area contributed by atoms with E-state index in [1.165, 1.54) is 0 Å². The lowest BCUT2D eigenvalue weighted by Gasteiger charge is -2.07. The molecule has 6 heteroatoms. The van der Waals surface area contributed by atoms with Crippen molar-refractivity contribution in [3.63, 3.8) is 0 Å². The molecule has 126 valence electrons. The molecule has 6 nitrogen and oxygen atoms in total. The van der Waals surface area contributed by atoms with Crippen molar-refractivity contribution in [1.82, 2.24) is 18.9 Å². The number of carbonyl (C=O) groups is 1. The van der Waals surface area contributed by atoms with Crippen LogP contribution in [0.25, 0.3) is 16.7 Å². The molecule has 4 rings (SSSR count). The largest absolute Gasteiger partial charge is 0.490 e. The number of benzene rings is 1. The lowest BCUT2D eigenvalue weighted by Crippen LogP contribution is -2.15. The van der Waals surface area contributed by atoms with Crippen LogP contribution in [0.3, 0.4) is 0 Å². The first-order chi connectivity index (χ1) is 12.2. The van der Waals surface area contributed by atoms with Crippen LogP contribution < -0.4 is 4.74 Å². The topological polar surface area (TPSA) is 61.4 Å².